The van der Waals surface area contributed by atoms with Crippen LogP contribution in [0.1, 0.15) is 15.9 Å². The molecule has 4 nitrogen and oxygen atoms in total. The second kappa shape index (κ2) is 3.59. The highest BCUT2D eigenvalue weighted by atomic mass is 19.1. The molecule has 0 unspecified atom stereocenters. The summed E-state index contributed by atoms with van der Waals surface area (Å²) in [5.41, 5.74) is 3.13. The molecule has 1 rings (SSSR count). The lowest BCUT2D eigenvalue weighted by atomic mass is 10.1. The van der Waals surface area contributed by atoms with Gasteiger partial charge >= 0.3 is 5.97 Å². The first-order chi connectivity index (χ1) is 6.49. The minimum atomic E-state index is -1.61. The second-order valence-electron chi connectivity index (χ2n) is 2.58. The van der Waals surface area contributed by atoms with Crippen molar-refractivity contribution in [1.29, 1.82) is 0 Å². The van der Waals surface area contributed by atoms with Gasteiger partial charge in [0.25, 0.3) is 0 Å². The first-order valence-corrected chi connectivity index (χ1v) is 3.59. The topological polar surface area (TPSA) is 83.6 Å². The number of nitrogen functional groups attached to an aromatic ring is 1. The number of carbonyl (C=O) groups is 1. The number of rotatable bonds is 2. The van der Waals surface area contributed by atoms with Gasteiger partial charge in [0.15, 0.2) is 0 Å². The maximum Gasteiger partial charge on any atom is 0.338 e. The highest BCUT2D eigenvalue weighted by Gasteiger charge is 2.19. The summed E-state index contributed by atoms with van der Waals surface area (Å²) in [5, 5.41) is 17.1. The first kappa shape index (κ1) is 10.4. The van der Waals surface area contributed by atoms with Crippen molar-refractivity contribution in [1.82, 2.24) is 0 Å². The van der Waals surface area contributed by atoms with E-state index in [9.17, 15) is 13.6 Å². The Balaban J connectivity index is 3.50. The standard InChI is InChI=1S/C8H7F2NO3/c9-5-1-3(8(13)14)6(10)4(2-12)7(5)11/h1,12H,2,11H2,(H,13,14). The molecule has 0 amide bonds. The molecular formula is C8H7F2NO3. The van der Waals surface area contributed by atoms with E-state index in [-0.39, 0.29) is 0 Å². The van der Waals surface area contributed by atoms with Crippen LogP contribution >= 0.6 is 0 Å². The lowest BCUT2D eigenvalue weighted by molar-refractivity contribution is 0.0691. The summed E-state index contributed by atoms with van der Waals surface area (Å²) in [7, 11) is 0. The number of halogens is 2. The summed E-state index contributed by atoms with van der Waals surface area (Å²) in [6, 6.07) is 0.478. The third kappa shape index (κ3) is 1.51. The van der Waals surface area contributed by atoms with Crippen molar-refractivity contribution >= 4 is 11.7 Å². The van der Waals surface area contributed by atoms with Crippen molar-refractivity contribution < 1.29 is 23.8 Å². The van der Waals surface area contributed by atoms with Gasteiger partial charge in [-0.3, -0.25) is 0 Å². The molecule has 6 heteroatoms. The molecule has 0 radical (unpaired) electrons. The first-order valence-electron chi connectivity index (χ1n) is 3.59. The zero-order valence-corrected chi connectivity index (χ0v) is 6.92. The lowest BCUT2D eigenvalue weighted by Crippen LogP contribution is -2.09. The predicted molar refractivity (Wildman–Crippen MR) is 43.7 cm³/mol. The van der Waals surface area contributed by atoms with E-state index in [1.807, 2.05) is 0 Å². The number of aromatic carboxylic acids is 1. The van der Waals surface area contributed by atoms with E-state index in [4.69, 9.17) is 15.9 Å². The van der Waals surface area contributed by atoms with Gasteiger partial charge in [-0.05, 0) is 6.07 Å². The number of anilines is 1. The average Bonchev–Trinajstić information content (AvgIpc) is 2.12. The van der Waals surface area contributed by atoms with E-state index in [1.54, 1.807) is 0 Å². The van der Waals surface area contributed by atoms with Crippen molar-refractivity contribution in [3.63, 3.8) is 0 Å². The summed E-state index contributed by atoms with van der Waals surface area (Å²) < 4.78 is 26.1. The zero-order chi connectivity index (χ0) is 10.9. The van der Waals surface area contributed by atoms with Crippen LogP contribution < -0.4 is 5.73 Å². The molecule has 0 atom stereocenters. The summed E-state index contributed by atoms with van der Waals surface area (Å²) in [6.07, 6.45) is 0. The molecule has 0 aromatic heterocycles. The second-order valence-corrected chi connectivity index (χ2v) is 2.58. The molecule has 4 N–H and O–H groups in total. The van der Waals surface area contributed by atoms with Crippen LogP contribution in [-0.4, -0.2) is 16.2 Å². The van der Waals surface area contributed by atoms with Crippen molar-refractivity contribution in [2.24, 2.45) is 0 Å². The Morgan fingerprint density at radius 1 is 1.50 bits per heavy atom. The molecule has 0 bridgehead atoms. The molecule has 0 aliphatic rings. The van der Waals surface area contributed by atoms with E-state index in [2.05, 4.69) is 0 Å². The Morgan fingerprint density at radius 2 is 2.07 bits per heavy atom. The molecule has 0 saturated carbocycles. The van der Waals surface area contributed by atoms with E-state index < -0.39 is 41.0 Å². The average molecular weight is 203 g/mol. The Hall–Kier alpha value is -1.69. The third-order valence-electron chi connectivity index (χ3n) is 1.74. The Morgan fingerprint density at radius 3 is 2.50 bits per heavy atom. The van der Waals surface area contributed by atoms with Crippen molar-refractivity contribution in [2.75, 3.05) is 5.73 Å². The molecule has 0 heterocycles. The van der Waals surface area contributed by atoms with Gasteiger partial charge in [0.05, 0.1) is 17.9 Å². The summed E-state index contributed by atoms with van der Waals surface area (Å²) in [4.78, 5) is 10.4. The van der Waals surface area contributed by atoms with Gasteiger partial charge in [-0.2, -0.15) is 0 Å². The smallest absolute Gasteiger partial charge is 0.338 e. The molecule has 0 saturated heterocycles. The van der Waals surface area contributed by atoms with Gasteiger partial charge in [0, 0.05) is 5.56 Å². The van der Waals surface area contributed by atoms with Gasteiger partial charge < -0.3 is 15.9 Å². The van der Waals surface area contributed by atoms with Crippen LogP contribution in [0, 0.1) is 11.6 Å². The van der Waals surface area contributed by atoms with Crippen LogP contribution in [0.3, 0.4) is 0 Å². The van der Waals surface area contributed by atoms with E-state index >= 15 is 0 Å². The molecule has 1 aromatic rings. The lowest BCUT2D eigenvalue weighted by Gasteiger charge is -2.07. The maximum absolute atomic E-state index is 13.2. The summed E-state index contributed by atoms with van der Waals surface area (Å²) in [6.45, 7) is -0.851. The number of hydrogen-bond acceptors (Lipinski definition) is 3. The van der Waals surface area contributed by atoms with E-state index in [1.165, 1.54) is 0 Å². The van der Waals surface area contributed by atoms with Crippen molar-refractivity contribution in [3.05, 3.63) is 28.8 Å². The van der Waals surface area contributed by atoms with Gasteiger partial charge in [-0.1, -0.05) is 0 Å². The highest BCUT2D eigenvalue weighted by molar-refractivity contribution is 5.89. The van der Waals surface area contributed by atoms with Crippen molar-refractivity contribution in [2.45, 2.75) is 6.61 Å². The van der Waals surface area contributed by atoms with Gasteiger partial charge in [0.1, 0.15) is 11.6 Å². The Bertz CT molecular complexity index is 393. The van der Waals surface area contributed by atoms with Crippen LogP contribution in [0.2, 0.25) is 0 Å². The molecule has 0 fully saturated rings. The van der Waals surface area contributed by atoms with Gasteiger partial charge in [0.2, 0.25) is 0 Å². The van der Waals surface area contributed by atoms with E-state index in [0.717, 1.165) is 0 Å². The molecule has 0 aliphatic carbocycles. The monoisotopic (exact) mass is 203 g/mol. The number of aliphatic hydroxyl groups excluding tert-OH is 1. The number of carboxylic acids is 1. The minimum absolute atomic E-state index is 0.478. The van der Waals surface area contributed by atoms with Crippen molar-refractivity contribution in [3.8, 4) is 0 Å². The highest BCUT2D eigenvalue weighted by Crippen LogP contribution is 2.23. The zero-order valence-electron chi connectivity index (χ0n) is 6.92. The van der Waals surface area contributed by atoms with Gasteiger partial charge in [-0.15, -0.1) is 0 Å². The van der Waals surface area contributed by atoms with Crippen LogP contribution in [0.4, 0.5) is 14.5 Å². The fraction of sp³-hybridized carbons (Fsp3) is 0.125. The molecule has 14 heavy (non-hydrogen) atoms. The third-order valence-corrected chi connectivity index (χ3v) is 1.74. The molecule has 76 valence electrons. The number of aliphatic hydroxyl groups is 1. The quantitative estimate of drug-likeness (QED) is 0.619. The largest absolute Gasteiger partial charge is 0.478 e. The number of nitrogens with two attached hydrogens (primary N) is 1. The fourth-order valence-corrected chi connectivity index (χ4v) is 1.00. The normalized spacial score (nSPS) is 10.2. The maximum atomic E-state index is 13.2. The van der Waals surface area contributed by atoms with Crippen LogP contribution in [-0.2, 0) is 6.61 Å². The molecule has 0 spiro atoms. The molecule has 1 aromatic carbocycles. The molecule has 0 aliphatic heterocycles. The van der Waals surface area contributed by atoms with E-state index in [0.29, 0.717) is 6.07 Å². The number of hydrogen-bond donors (Lipinski definition) is 3. The fourth-order valence-electron chi connectivity index (χ4n) is 1.00. The Kier molecular flexibility index (Phi) is 2.66. The SMILES string of the molecule is Nc1c(F)cc(C(=O)O)c(F)c1CO. The summed E-state index contributed by atoms with van der Waals surface area (Å²) >= 11 is 0. The van der Waals surface area contributed by atoms with Crippen LogP contribution in [0.5, 0.6) is 0 Å². The van der Waals surface area contributed by atoms with Crippen LogP contribution in [0.25, 0.3) is 0 Å². The Labute approximate surface area is 77.6 Å². The number of benzene rings is 1. The minimum Gasteiger partial charge on any atom is -0.478 e. The predicted octanol–water partition coefficient (Wildman–Crippen LogP) is 0.738. The van der Waals surface area contributed by atoms with Crippen LogP contribution in [0.15, 0.2) is 6.07 Å². The summed E-state index contributed by atoms with van der Waals surface area (Å²) in [5.74, 6) is -3.89. The molecular weight excluding hydrogens is 196 g/mol. The van der Waals surface area contributed by atoms with Gasteiger partial charge in [-0.25, -0.2) is 13.6 Å². The number of carboxylic acid groups (broad SMARTS) is 1.